The maximum absolute atomic E-state index is 5.87. The lowest BCUT2D eigenvalue weighted by Gasteiger charge is -1.99. The minimum Gasteiger partial charge on any atom is -0.440 e. The van der Waals surface area contributed by atoms with Gasteiger partial charge in [-0.25, -0.2) is 9.97 Å². The van der Waals surface area contributed by atoms with E-state index in [9.17, 15) is 0 Å². The van der Waals surface area contributed by atoms with Crippen molar-refractivity contribution in [1.29, 1.82) is 0 Å². The number of imidazole rings is 1. The molecule has 0 saturated heterocycles. The molecule has 0 N–H and O–H groups in total. The third-order valence-electron chi connectivity index (χ3n) is 2.78. The van der Waals surface area contributed by atoms with E-state index in [0.29, 0.717) is 16.7 Å². The van der Waals surface area contributed by atoms with Crippen molar-refractivity contribution in [3.05, 3.63) is 53.8 Å². The molecule has 0 unspecified atom stereocenters. The van der Waals surface area contributed by atoms with Crippen LogP contribution in [-0.2, 0) is 12.8 Å². The molecular formula is C14H12ClN3OS. The molecule has 0 atom stereocenters. The van der Waals surface area contributed by atoms with E-state index in [0.717, 1.165) is 16.5 Å². The smallest absolute Gasteiger partial charge is 0.205 e. The normalized spacial score (nSPS) is 10.9. The lowest BCUT2D eigenvalue weighted by atomic mass is 10.2. The quantitative estimate of drug-likeness (QED) is 0.683. The number of thioether (sulfide) groups is 1. The van der Waals surface area contributed by atoms with Crippen molar-refractivity contribution in [2.45, 2.75) is 10.9 Å². The molecule has 1 aromatic carbocycles. The van der Waals surface area contributed by atoms with Crippen LogP contribution >= 0.6 is 23.4 Å². The minimum atomic E-state index is 0.651. The summed E-state index contributed by atoms with van der Waals surface area (Å²) >= 11 is 7.46. The number of hydrogen-bond acceptors (Lipinski definition) is 4. The standard InChI is InChI=1S/C14H12ClN3OS/c1-18-7-6-16-14(18)20-9-13-17-8-12(19-13)10-2-4-11(15)5-3-10/h2-8H,9H2,1H3. The Morgan fingerprint density at radius 3 is 2.75 bits per heavy atom. The molecule has 20 heavy (non-hydrogen) atoms. The number of halogens is 1. The summed E-state index contributed by atoms with van der Waals surface area (Å²) in [6.45, 7) is 0. The van der Waals surface area contributed by atoms with Crippen LogP contribution in [0.1, 0.15) is 5.89 Å². The fourth-order valence-electron chi connectivity index (χ4n) is 1.74. The zero-order valence-electron chi connectivity index (χ0n) is 10.8. The van der Waals surface area contributed by atoms with Gasteiger partial charge >= 0.3 is 0 Å². The van der Waals surface area contributed by atoms with Crippen LogP contribution in [0.15, 0.2) is 52.4 Å². The second-order valence-corrected chi connectivity index (χ2v) is 5.61. The number of rotatable bonds is 4. The van der Waals surface area contributed by atoms with Gasteiger partial charge in [-0.3, -0.25) is 0 Å². The Labute approximate surface area is 125 Å². The SMILES string of the molecule is Cn1ccnc1SCc1ncc(-c2ccc(Cl)cc2)o1. The zero-order chi connectivity index (χ0) is 13.9. The van der Waals surface area contributed by atoms with E-state index in [1.54, 1.807) is 24.2 Å². The lowest BCUT2D eigenvalue weighted by Crippen LogP contribution is -1.89. The number of hydrogen-bond donors (Lipinski definition) is 0. The van der Waals surface area contributed by atoms with E-state index in [1.165, 1.54) is 0 Å². The average Bonchev–Trinajstić information content (AvgIpc) is 3.06. The highest BCUT2D eigenvalue weighted by Crippen LogP contribution is 2.25. The van der Waals surface area contributed by atoms with Crippen LogP contribution < -0.4 is 0 Å². The van der Waals surface area contributed by atoms with E-state index < -0.39 is 0 Å². The number of benzene rings is 1. The third kappa shape index (κ3) is 2.89. The van der Waals surface area contributed by atoms with E-state index in [1.807, 2.05) is 42.1 Å². The molecule has 6 heteroatoms. The molecule has 0 radical (unpaired) electrons. The Hall–Kier alpha value is -1.72. The summed E-state index contributed by atoms with van der Waals surface area (Å²) in [7, 11) is 1.96. The maximum Gasteiger partial charge on any atom is 0.205 e. The summed E-state index contributed by atoms with van der Waals surface area (Å²) < 4.78 is 7.70. The second-order valence-electron chi connectivity index (χ2n) is 4.23. The van der Waals surface area contributed by atoms with Gasteiger partial charge in [-0.1, -0.05) is 23.4 Å². The largest absolute Gasteiger partial charge is 0.440 e. The Bertz CT molecular complexity index is 705. The molecule has 2 heterocycles. The highest BCUT2D eigenvalue weighted by atomic mass is 35.5. The van der Waals surface area contributed by atoms with Crippen LogP contribution in [-0.4, -0.2) is 14.5 Å². The van der Waals surface area contributed by atoms with Gasteiger partial charge in [-0.05, 0) is 24.3 Å². The first-order chi connectivity index (χ1) is 9.72. The molecule has 0 fully saturated rings. The predicted octanol–water partition coefficient (Wildman–Crippen LogP) is 4.02. The topological polar surface area (TPSA) is 43.9 Å². The van der Waals surface area contributed by atoms with Crippen molar-refractivity contribution < 1.29 is 4.42 Å². The number of oxazole rings is 1. The van der Waals surface area contributed by atoms with Gasteiger partial charge in [-0.15, -0.1) is 0 Å². The zero-order valence-corrected chi connectivity index (χ0v) is 12.4. The van der Waals surface area contributed by atoms with E-state index in [4.69, 9.17) is 16.0 Å². The van der Waals surface area contributed by atoms with Crippen molar-refractivity contribution in [3.8, 4) is 11.3 Å². The first kappa shape index (κ1) is 13.3. The summed E-state index contributed by atoms with van der Waals surface area (Å²) in [5.74, 6) is 2.08. The molecule has 0 spiro atoms. The average molecular weight is 306 g/mol. The molecular weight excluding hydrogens is 294 g/mol. The van der Waals surface area contributed by atoms with Crippen LogP contribution in [0.5, 0.6) is 0 Å². The summed E-state index contributed by atoms with van der Waals surface area (Å²) in [5, 5.41) is 1.65. The Morgan fingerprint density at radius 1 is 1.25 bits per heavy atom. The van der Waals surface area contributed by atoms with Crippen molar-refractivity contribution in [1.82, 2.24) is 14.5 Å². The molecule has 0 aliphatic rings. The van der Waals surface area contributed by atoms with Gasteiger partial charge in [-0.2, -0.15) is 0 Å². The van der Waals surface area contributed by atoms with Crippen molar-refractivity contribution in [2.24, 2.45) is 7.05 Å². The van der Waals surface area contributed by atoms with E-state index in [2.05, 4.69) is 9.97 Å². The highest BCUT2D eigenvalue weighted by Gasteiger charge is 2.08. The molecule has 0 aliphatic heterocycles. The molecule has 0 bridgehead atoms. The molecule has 4 nitrogen and oxygen atoms in total. The van der Waals surface area contributed by atoms with Gasteiger partial charge in [0.15, 0.2) is 10.9 Å². The molecule has 2 aromatic heterocycles. The van der Waals surface area contributed by atoms with Crippen LogP contribution in [0.3, 0.4) is 0 Å². The Kier molecular flexibility index (Phi) is 3.80. The van der Waals surface area contributed by atoms with Crippen LogP contribution in [0, 0.1) is 0 Å². The molecule has 0 amide bonds. The van der Waals surface area contributed by atoms with Crippen molar-refractivity contribution in [3.63, 3.8) is 0 Å². The van der Waals surface area contributed by atoms with Crippen molar-refractivity contribution >= 4 is 23.4 Å². The second kappa shape index (κ2) is 5.73. The fraction of sp³-hybridized carbons (Fsp3) is 0.143. The Balaban J connectivity index is 1.71. The van der Waals surface area contributed by atoms with Crippen LogP contribution in [0.4, 0.5) is 0 Å². The summed E-state index contributed by atoms with van der Waals surface area (Å²) in [5.41, 5.74) is 0.968. The summed E-state index contributed by atoms with van der Waals surface area (Å²) in [4.78, 5) is 8.53. The van der Waals surface area contributed by atoms with Gasteiger partial charge in [0.1, 0.15) is 0 Å². The molecule has 0 saturated carbocycles. The first-order valence-electron chi connectivity index (χ1n) is 6.03. The monoisotopic (exact) mass is 305 g/mol. The van der Waals surface area contributed by atoms with Crippen LogP contribution in [0.2, 0.25) is 5.02 Å². The minimum absolute atomic E-state index is 0.651. The Morgan fingerprint density at radius 2 is 2.05 bits per heavy atom. The number of aromatic nitrogens is 3. The molecule has 3 rings (SSSR count). The molecule has 3 aromatic rings. The van der Waals surface area contributed by atoms with Gasteiger partial charge < -0.3 is 8.98 Å². The van der Waals surface area contributed by atoms with Gasteiger partial charge in [0.2, 0.25) is 5.89 Å². The number of nitrogens with zero attached hydrogens (tertiary/aromatic N) is 3. The first-order valence-corrected chi connectivity index (χ1v) is 7.39. The van der Waals surface area contributed by atoms with Crippen molar-refractivity contribution in [2.75, 3.05) is 0 Å². The molecule has 0 aliphatic carbocycles. The lowest BCUT2D eigenvalue weighted by molar-refractivity contribution is 0.529. The summed E-state index contributed by atoms with van der Waals surface area (Å²) in [6.07, 6.45) is 5.42. The maximum atomic E-state index is 5.87. The van der Waals surface area contributed by atoms with Gasteiger partial charge in [0, 0.05) is 30.0 Å². The van der Waals surface area contributed by atoms with Crippen LogP contribution in [0.25, 0.3) is 11.3 Å². The highest BCUT2D eigenvalue weighted by molar-refractivity contribution is 7.98. The number of aryl methyl sites for hydroxylation is 1. The van der Waals surface area contributed by atoms with Gasteiger partial charge in [0.05, 0.1) is 11.9 Å². The molecule has 102 valence electrons. The fourth-order valence-corrected chi connectivity index (χ4v) is 2.65. The predicted molar refractivity (Wildman–Crippen MR) is 79.7 cm³/mol. The van der Waals surface area contributed by atoms with E-state index in [-0.39, 0.29) is 0 Å². The third-order valence-corrected chi connectivity index (χ3v) is 4.08. The van der Waals surface area contributed by atoms with E-state index >= 15 is 0 Å². The summed E-state index contributed by atoms with van der Waals surface area (Å²) in [6, 6.07) is 7.50. The van der Waals surface area contributed by atoms with Gasteiger partial charge in [0.25, 0.3) is 0 Å².